The normalized spacial score (nSPS) is 17.9. The molecule has 5 heteroatoms. The lowest BCUT2D eigenvalue weighted by Gasteiger charge is -2.23. The van der Waals surface area contributed by atoms with Crippen LogP contribution in [0.1, 0.15) is 21.7 Å². The predicted molar refractivity (Wildman–Crippen MR) is 80.1 cm³/mol. The smallest absolute Gasteiger partial charge is 0.159 e. The molecule has 2 heterocycles. The second kappa shape index (κ2) is 5.53. The van der Waals surface area contributed by atoms with Crippen LogP contribution in [0.5, 0.6) is 5.75 Å². The molecule has 1 aromatic carbocycles. The minimum atomic E-state index is 0.0649. The Morgan fingerprint density at radius 1 is 1.42 bits per heavy atom. The molecule has 19 heavy (non-hydrogen) atoms. The van der Waals surface area contributed by atoms with E-state index in [1.54, 1.807) is 11.3 Å². The first-order chi connectivity index (χ1) is 9.28. The van der Waals surface area contributed by atoms with Crippen molar-refractivity contribution in [1.82, 2.24) is 4.98 Å². The fraction of sp³-hybridized carbons (Fsp3) is 0.357. The number of fused-ring (bicyclic) bond motifs is 1. The quantitative estimate of drug-likeness (QED) is 0.944. The summed E-state index contributed by atoms with van der Waals surface area (Å²) in [6, 6.07) is 8.18. The number of aromatic nitrogens is 1. The summed E-state index contributed by atoms with van der Waals surface area (Å²) < 4.78 is 6.06. The summed E-state index contributed by atoms with van der Waals surface area (Å²) in [7, 11) is 0. The van der Waals surface area contributed by atoms with Crippen LogP contribution in [-0.4, -0.2) is 17.3 Å². The Morgan fingerprint density at radius 3 is 3.11 bits per heavy atom. The van der Waals surface area contributed by atoms with E-state index in [-0.39, 0.29) is 6.10 Å². The number of para-hydroxylation sites is 1. The van der Waals surface area contributed by atoms with Gasteiger partial charge in [-0.05, 0) is 32.0 Å². The molecule has 0 aliphatic carbocycles. The molecule has 1 atom stereocenters. The molecular formula is C14H16N2OS2. The topological polar surface area (TPSA) is 48.1 Å². The van der Waals surface area contributed by atoms with Gasteiger partial charge in [0.05, 0.1) is 5.69 Å². The van der Waals surface area contributed by atoms with Crippen molar-refractivity contribution < 1.29 is 4.74 Å². The van der Waals surface area contributed by atoms with Crippen LogP contribution in [0, 0.1) is 6.92 Å². The number of thiazole rings is 1. The van der Waals surface area contributed by atoms with Gasteiger partial charge in [-0.2, -0.15) is 0 Å². The Bertz CT molecular complexity index is 583. The number of ether oxygens (including phenoxy) is 1. The van der Waals surface area contributed by atoms with Gasteiger partial charge >= 0.3 is 0 Å². The minimum Gasteiger partial charge on any atom is -0.481 e. The maximum absolute atomic E-state index is 6.06. The first kappa shape index (κ1) is 13.0. The van der Waals surface area contributed by atoms with Gasteiger partial charge in [-0.15, -0.1) is 23.1 Å². The molecule has 3 nitrogen and oxygen atoms in total. The number of nitrogens with zero attached hydrogens (tertiary/aromatic N) is 1. The van der Waals surface area contributed by atoms with Crippen molar-refractivity contribution in [2.45, 2.75) is 24.3 Å². The standard InChI is InChI=1S/C14H16N2OS2/c1-9-12(6-7-15)19-14(16-9)11-8-18-13-5-3-2-4-10(13)17-11/h2-5,11H,6-8,15H2,1H3. The van der Waals surface area contributed by atoms with Gasteiger partial charge in [0.2, 0.25) is 0 Å². The lowest BCUT2D eigenvalue weighted by atomic mass is 10.3. The zero-order valence-corrected chi connectivity index (χ0v) is 12.4. The summed E-state index contributed by atoms with van der Waals surface area (Å²) in [5.41, 5.74) is 6.72. The molecule has 2 N–H and O–H groups in total. The first-order valence-electron chi connectivity index (χ1n) is 6.32. The highest BCUT2D eigenvalue weighted by atomic mass is 32.2. The van der Waals surface area contributed by atoms with Crippen molar-refractivity contribution in [2.75, 3.05) is 12.3 Å². The zero-order valence-electron chi connectivity index (χ0n) is 10.8. The Balaban J connectivity index is 1.83. The van der Waals surface area contributed by atoms with Crippen LogP contribution in [0.4, 0.5) is 0 Å². The van der Waals surface area contributed by atoms with E-state index in [1.165, 1.54) is 9.77 Å². The predicted octanol–water partition coefficient (Wildman–Crippen LogP) is 3.18. The summed E-state index contributed by atoms with van der Waals surface area (Å²) in [4.78, 5) is 7.15. The molecule has 0 saturated carbocycles. The molecule has 1 unspecified atom stereocenters. The van der Waals surface area contributed by atoms with Gasteiger partial charge in [-0.25, -0.2) is 4.98 Å². The monoisotopic (exact) mass is 292 g/mol. The van der Waals surface area contributed by atoms with Gasteiger partial charge in [0.1, 0.15) is 10.8 Å². The number of thioether (sulfide) groups is 1. The van der Waals surface area contributed by atoms with Crippen molar-refractivity contribution in [3.05, 3.63) is 39.8 Å². The van der Waals surface area contributed by atoms with E-state index in [1.807, 2.05) is 30.0 Å². The maximum atomic E-state index is 6.06. The summed E-state index contributed by atoms with van der Waals surface area (Å²) in [6.45, 7) is 2.72. The summed E-state index contributed by atoms with van der Waals surface area (Å²) in [5.74, 6) is 1.89. The van der Waals surface area contributed by atoms with E-state index in [0.717, 1.165) is 28.6 Å². The van der Waals surface area contributed by atoms with Crippen LogP contribution in [0.25, 0.3) is 0 Å². The molecule has 1 aliphatic rings. The van der Waals surface area contributed by atoms with Gasteiger partial charge in [0.25, 0.3) is 0 Å². The van der Waals surface area contributed by atoms with Crippen molar-refractivity contribution in [2.24, 2.45) is 5.73 Å². The fourth-order valence-electron chi connectivity index (χ4n) is 2.09. The van der Waals surface area contributed by atoms with E-state index >= 15 is 0 Å². The van der Waals surface area contributed by atoms with Crippen LogP contribution in [-0.2, 0) is 6.42 Å². The molecule has 0 spiro atoms. The average Bonchev–Trinajstić information content (AvgIpc) is 2.80. The van der Waals surface area contributed by atoms with E-state index in [9.17, 15) is 0 Å². The van der Waals surface area contributed by atoms with Crippen LogP contribution in [0.15, 0.2) is 29.2 Å². The van der Waals surface area contributed by atoms with Crippen LogP contribution in [0.3, 0.4) is 0 Å². The van der Waals surface area contributed by atoms with Crippen molar-refractivity contribution in [3.63, 3.8) is 0 Å². The lowest BCUT2D eigenvalue weighted by Crippen LogP contribution is -2.14. The Hall–Kier alpha value is -1.04. The van der Waals surface area contributed by atoms with E-state index < -0.39 is 0 Å². The first-order valence-corrected chi connectivity index (χ1v) is 8.13. The highest BCUT2D eigenvalue weighted by Gasteiger charge is 2.25. The number of benzene rings is 1. The third kappa shape index (κ3) is 2.63. The van der Waals surface area contributed by atoms with Crippen LogP contribution < -0.4 is 10.5 Å². The molecule has 0 radical (unpaired) electrons. The number of rotatable bonds is 3. The Morgan fingerprint density at radius 2 is 2.26 bits per heavy atom. The molecule has 100 valence electrons. The second-order valence-electron chi connectivity index (χ2n) is 4.46. The average molecular weight is 292 g/mol. The highest BCUT2D eigenvalue weighted by molar-refractivity contribution is 7.99. The van der Waals surface area contributed by atoms with Crippen LogP contribution >= 0.6 is 23.1 Å². The molecular weight excluding hydrogens is 276 g/mol. The molecule has 0 amide bonds. The van der Waals surface area contributed by atoms with Gasteiger partial charge in [-0.1, -0.05) is 12.1 Å². The minimum absolute atomic E-state index is 0.0649. The molecule has 1 aliphatic heterocycles. The van der Waals surface area contributed by atoms with E-state index in [0.29, 0.717) is 6.54 Å². The van der Waals surface area contributed by atoms with Crippen molar-refractivity contribution in [3.8, 4) is 5.75 Å². The largest absolute Gasteiger partial charge is 0.481 e. The van der Waals surface area contributed by atoms with Crippen molar-refractivity contribution in [1.29, 1.82) is 0 Å². The van der Waals surface area contributed by atoms with E-state index in [4.69, 9.17) is 10.5 Å². The Labute approximate surface area is 121 Å². The van der Waals surface area contributed by atoms with Gasteiger partial charge in [-0.3, -0.25) is 0 Å². The highest BCUT2D eigenvalue weighted by Crippen LogP contribution is 2.41. The SMILES string of the molecule is Cc1nc(C2CSc3ccccc3O2)sc1CCN. The molecule has 3 rings (SSSR count). The van der Waals surface area contributed by atoms with Crippen molar-refractivity contribution >= 4 is 23.1 Å². The lowest BCUT2D eigenvalue weighted by molar-refractivity contribution is 0.220. The summed E-state index contributed by atoms with van der Waals surface area (Å²) in [6.07, 6.45) is 0.968. The number of nitrogens with two attached hydrogens (primary N) is 1. The maximum Gasteiger partial charge on any atom is 0.159 e. The van der Waals surface area contributed by atoms with Gasteiger partial charge in [0.15, 0.2) is 6.10 Å². The van der Waals surface area contributed by atoms with Gasteiger partial charge < -0.3 is 10.5 Å². The van der Waals surface area contributed by atoms with Gasteiger partial charge in [0, 0.05) is 15.5 Å². The third-order valence-electron chi connectivity index (χ3n) is 3.06. The Kier molecular flexibility index (Phi) is 3.77. The third-order valence-corrected chi connectivity index (χ3v) is 5.49. The zero-order chi connectivity index (χ0) is 13.2. The summed E-state index contributed by atoms with van der Waals surface area (Å²) >= 11 is 3.57. The number of aryl methyl sites for hydroxylation is 1. The number of hydrogen-bond donors (Lipinski definition) is 1. The van der Waals surface area contributed by atoms with Crippen LogP contribution in [0.2, 0.25) is 0 Å². The molecule has 0 bridgehead atoms. The van der Waals surface area contributed by atoms with E-state index in [2.05, 4.69) is 18.0 Å². The molecule has 1 aromatic heterocycles. The molecule has 2 aromatic rings. The molecule has 0 fully saturated rings. The number of hydrogen-bond acceptors (Lipinski definition) is 5. The fourth-order valence-corrected chi connectivity index (χ4v) is 4.30. The second-order valence-corrected chi connectivity index (χ2v) is 6.64. The summed E-state index contributed by atoms with van der Waals surface area (Å²) in [5, 5.41) is 1.07. The molecule has 0 saturated heterocycles.